The molecule has 86 valence electrons. The minimum atomic E-state index is -0.779. The highest BCUT2D eigenvalue weighted by Gasteiger charge is 2.16. The summed E-state index contributed by atoms with van der Waals surface area (Å²) >= 11 is 0. The molecule has 0 bridgehead atoms. The van der Waals surface area contributed by atoms with Gasteiger partial charge in [-0.3, -0.25) is 10.1 Å². The number of anilines is 1. The van der Waals surface area contributed by atoms with Crippen molar-refractivity contribution in [1.82, 2.24) is 5.32 Å². The summed E-state index contributed by atoms with van der Waals surface area (Å²) < 4.78 is 13.2. The molecule has 0 aromatic heterocycles. The number of benzene rings is 1. The first kappa shape index (κ1) is 12.1. The van der Waals surface area contributed by atoms with Crippen molar-refractivity contribution in [3.05, 3.63) is 39.7 Å². The van der Waals surface area contributed by atoms with Crippen molar-refractivity contribution in [1.29, 1.82) is 0 Å². The predicted octanol–water partition coefficient (Wildman–Crippen LogP) is 1.55. The molecular formula is C10H12FN3O2. The number of nitro groups is 1. The summed E-state index contributed by atoms with van der Waals surface area (Å²) in [5.74, 6) is -0.779. The first-order valence-electron chi connectivity index (χ1n) is 4.60. The van der Waals surface area contributed by atoms with Crippen LogP contribution in [0.15, 0.2) is 18.2 Å². The van der Waals surface area contributed by atoms with E-state index in [1.807, 2.05) is 0 Å². The van der Waals surface area contributed by atoms with Gasteiger partial charge in [-0.15, -0.1) is 0 Å². The molecule has 0 spiro atoms. The van der Waals surface area contributed by atoms with Crippen molar-refractivity contribution < 1.29 is 9.31 Å². The van der Waals surface area contributed by atoms with Crippen molar-refractivity contribution in [2.24, 2.45) is 0 Å². The van der Waals surface area contributed by atoms with E-state index >= 15 is 0 Å². The number of nitrogens with zero attached hydrogens (tertiary/aromatic N) is 1. The minimum Gasteiger partial charge on any atom is -0.391 e. The largest absolute Gasteiger partial charge is 0.391 e. The van der Waals surface area contributed by atoms with Crippen LogP contribution >= 0.6 is 0 Å². The normalized spacial score (nSPS) is 10.9. The van der Waals surface area contributed by atoms with E-state index in [0.717, 1.165) is 6.07 Å². The zero-order chi connectivity index (χ0) is 12.1. The van der Waals surface area contributed by atoms with Gasteiger partial charge in [0.1, 0.15) is 5.69 Å². The van der Waals surface area contributed by atoms with Gasteiger partial charge in [0.25, 0.3) is 5.69 Å². The maximum absolute atomic E-state index is 13.2. The number of rotatable bonds is 4. The zero-order valence-electron chi connectivity index (χ0n) is 8.74. The van der Waals surface area contributed by atoms with Gasteiger partial charge in [0.15, 0.2) is 5.82 Å². The van der Waals surface area contributed by atoms with E-state index in [2.05, 4.69) is 5.32 Å². The van der Waals surface area contributed by atoms with Crippen LogP contribution in [0.25, 0.3) is 6.08 Å². The van der Waals surface area contributed by atoms with Crippen LogP contribution < -0.4 is 11.1 Å². The van der Waals surface area contributed by atoms with Gasteiger partial charge in [0.05, 0.1) is 4.92 Å². The minimum absolute atomic E-state index is 0.411. The SMILES string of the molecule is CNCC=Cc1cc(F)c(N)c([N+](=O)[O-])c1. The van der Waals surface area contributed by atoms with Crippen molar-refractivity contribution >= 4 is 17.5 Å². The Hall–Kier alpha value is -1.95. The maximum atomic E-state index is 13.2. The van der Waals surface area contributed by atoms with E-state index in [1.165, 1.54) is 6.07 Å². The Morgan fingerprint density at radius 1 is 1.62 bits per heavy atom. The number of nitrogens with two attached hydrogens (primary N) is 1. The fourth-order valence-corrected chi connectivity index (χ4v) is 1.18. The van der Waals surface area contributed by atoms with E-state index < -0.39 is 22.1 Å². The van der Waals surface area contributed by atoms with Crippen LogP contribution in [0.2, 0.25) is 0 Å². The van der Waals surface area contributed by atoms with Crippen molar-refractivity contribution in [3.63, 3.8) is 0 Å². The summed E-state index contributed by atoms with van der Waals surface area (Å²) in [5.41, 5.74) is 4.82. The number of likely N-dealkylation sites (N-methyl/N-ethyl adjacent to an activating group) is 1. The standard InChI is InChI=1S/C10H12FN3O2/c1-13-4-2-3-7-5-8(11)10(12)9(6-7)14(15)16/h2-3,5-6,13H,4,12H2,1H3. The van der Waals surface area contributed by atoms with E-state index in [-0.39, 0.29) is 0 Å². The maximum Gasteiger partial charge on any atom is 0.295 e. The summed E-state index contributed by atoms with van der Waals surface area (Å²) in [4.78, 5) is 9.88. The number of hydrogen-bond donors (Lipinski definition) is 2. The Kier molecular flexibility index (Phi) is 3.96. The molecule has 0 aliphatic carbocycles. The highest BCUT2D eigenvalue weighted by molar-refractivity contribution is 5.65. The molecule has 0 saturated carbocycles. The third-order valence-corrected chi connectivity index (χ3v) is 1.96. The van der Waals surface area contributed by atoms with Crippen LogP contribution in [0.1, 0.15) is 5.56 Å². The predicted molar refractivity (Wildman–Crippen MR) is 60.4 cm³/mol. The van der Waals surface area contributed by atoms with Gasteiger partial charge in [-0.1, -0.05) is 12.2 Å². The van der Waals surface area contributed by atoms with Crippen molar-refractivity contribution in [2.45, 2.75) is 0 Å². The molecule has 6 heteroatoms. The molecule has 0 fully saturated rings. The summed E-state index contributed by atoms with van der Waals surface area (Å²) in [7, 11) is 1.76. The number of nitro benzene ring substituents is 1. The third kappa shape index (κ3) is 2.77. The van der Waals surface area contributed by atoms with E-state index in [1.54, 1.807) is 19.2 Å². The first-order chi connectivity index (χ1) is 7.56. The molecule has 0 saturated heterocycles. The Morgan fingerprint density at radius 3 is 2.88 bits per heavy atom. The smallest absolute Gasteiger partial charge is 0.295 e. The molecule has 0 unspecified atom stereocenters. The quantitative estimate of drug-likeness (QED) is 0.462. The fraction of sp³-hybridized carbons (Fsp3) is 0.200. The lowest BCUT2D eigenvalue weighted by atomic mass is 10.1. The monoisotopic (exact) mass is 225 g/mol. The Bertz CT molecular complexity index is 432. The van der Waals surface area contributed by atoms with Crippen molar-refractivity contribution in [2.75, 3.05) is 19.3 Å². The Labute approximate surface area is 91.9 Å². The van der Waals surface area contributed by atoms with E-state index in [0.29, 0.717) is 12.1 Å². The van der Waals surface area contributed by atoms with Crippen LogP contribution in [0.5, 0.6) is 0 Å². The second-order valence-corrected chi connectivity index (χ2v) is 3.15. The highest BCUT2D eigenvalue weighted by Crippen LogP contribution is 2.26. The highest BCUT2D eigenvalue weighted by atomic mass is 19.1. The number of halogens is 1. The van der Waals surface area contributed by atoms with Gasteiger partial charge in [-0.05, 0) is 18.7 Å². The van der Waals surface area contributed by atoms with Gasteiger partial charge in [0, 0.05) is 12.6 Å². The van der Waals surface area contributed by atoms with Gasteiger partial charge in [0.2, 0.25) is 0 Å². The summed E-state index contributed by atoms with van der Waals surface area (Å²) in [5, 5.41) is 13.4. The summed E-state index contributed by atoms with van der Waals surface area (Å²) in [6.07, 6.45) is 3.32. The Morgan fingerprint density at radius 2 is 2.31 bits per heavy atom. The lowest BCUT2D eigenvalue weighted by molar-refractivity contribution is -0.384. The van der Waals surface area contributed by atoms with Gasteiger partial charge in [-0.2, -0.15) is 0 Å². The molecule has 5 nitrogen and oxygen atoms in total. The average molecular weight is 225 g/mol. The molecule has 3 N–H and O–H groups in total. The van der Waals surface area contributed by atoms with Crippen LogP contribution in [-0.2, 0) is 0 Å². The number of hydrogen-bond acceptors (Lipinski definition) is 4. The third-order valence-electron chi connectivity index (χ3n) is 1.96. The molecule has 0 heterocycles. The molecule has 1 rings (SSSR count). The average Bonchev–Trinajstić information content (AvgIpc) is 2.23. The van der Waals surface area contributed by atoms with Crippen LogP contribution in [0, 0.1) is 15.9 Å². The van der Waals surface area contributed by atoms with Crippen LogP contribution in [0.4, 0.5) is 15.8 Å². The Balaban J connectivity index is 3.09. The van der Waals surface area contributed by atoms with Gasteiger partial charge < -0.3 is 11.1 Å². The molecular weight excluding hydrogens is 213 g/mol. The summed E-state index contributed by atoms with van der Waals surface area (Å²) in [6.45, 7) is 0.597. The molecule has 1 aromatic carbocycles. The number of nitrogens with one attached hydrogen (secondary N) is 1. The number of nitrogen functional groups attached to an aromatic ring is 1. The van der Waals surface area contributed by atoms with Crippen LogP contribution in [-0.4, -0.2) is 18.5 Å². The second kappa shape index (κ2) is 5.22. The molecule has 16 heavy (non-hydrogen) atoms. The van der Waals surface area contributed by atoms with E-state index in [9.17, 15) is 14.5 Å². The molecule has 0 aliphatic rings. The summed E-state index contributed by atoms with van der Waals surface area (Å²) in [6, 6.07) is 2.40. The zero-order valence-corrected chi connectivity index (χ0v) is 8.74. The molecule has 0 atom stereocenters. The lowest BCUT2D eigenvalue weighted by Gasteiger charge is -2.00. The topological polar surface area (TPSA) is 81.2 Å². The second-order valence-electron chi connectivity index (χ2n) is 3.15. The lowest BCUT2D eigenvalue weighted by Crippen LogP contribution is -2.03. The van der Waals surface area contributed by atoms with Gasteiger partial charge in [-0.25, -0.2) is 4.39 Å². The fourth-order valence-electron chi connectivity index (χ4n) is 1.18. The van der Waals surface area contributed by atoms with Crippen molar-refractivity contribution in [3.8, 4) is 0 Å². The molecule has 0 radical (unpaired) electrons. The molecule has 0 amide bonds. The van der Waals surface area contributed by atoms with E-state index in [4.69, 9.17) is 5.73 Å². The van der Waals surface area contributed by atoms with Gasteiger partial charge >= 0.3 is 0 Å². The first-order valence-corrected chi connectivity index (χ1v) is 4.60. The molecule has 1 aromatic rings. The van der Waals surface area contributed by atoms with Crippen LogP contribution in [0.3, 0.4) is 0 Å². The molecule has 0 aliphatic heterocycles.